The van der Waals surface area contributed by atoms with Crippen LogP contribution in [0.2, 0.25) is 0 Å². The normalized spacial score (nSPS) is 20.9. The van der Waals surface area contributed by atoms with Gasteiger partial charge in [0.05, 0.1) is 34.6 Å². The van der Waals surface area contributed by atoms with Crippen molar-refractivity contribution in [3.8, 4) is 10.4 Å². The summed E-state index contributed by atoms with van der Waals surface area (Å²) in [4.78, 5) is 49.1. The predicted octanol–water partition coefficient (Wildman–Crippen LogP) is -1.88. The molecule has 1 amide bonds. The zero-order chi connectivity index (χ0) is 20.9. The van der Waals surface area contributed by atoms with Gasteiger partial charge in [0, 0.05) is 10.4 Å². The van der Waals surface area contributed by atoms with Crippen molar-refractivity contribution >= 4 is 41.4 Å². The molecule has 7 nitrogen and oxygen atoms in total. The monoisotopic (exact) mass is 433 g/mol. The third-order valence-corrected chi connectivity index (χ3v) is 6.45. The van der Waals surface area contributed by atoms with Crippen LogP contribution in [0.15, 0.2) is 36.0 Å². The maximum absolute atomic E-state index is 12.4. The number of amides is 1. The molecule has 3 atom stereocenters. The first-order valence-corrected chi connectivity index (χ1v) is 9.79. The number of hydrogen-bond donors (Lipinski definition) is 1. The summed E-state index contributed by atoms with van der Waals surface area (Å²) in [6, 6.07) is 7.93. The fourth-order valence-electron chi connectivity index (χ4n) is 4.12. The molecule has 2 aromatic rings. The molecule has 2 aliphatic rings. The zero-order valence-electron chi connectivity index (χ0n) is 16.3. The average Bonchev–Trinajstić information content (AvgIpc) is 3.30. The maximum atomic E-state index is 12.4. The molecule has 1 N–H and O–H groups in total. The van der Waals surface area contributed by atoms with Crippen molar-refractivity contribution in [3.63, 3.8) is 0 Å². The van der Waals surface area contributed by atoms with Crippen molar-refractivity contribution in [2.45, 2.75) is 25.5 Å². The second kappa shape index (κ2) is 8.56. The molecule has 30 heavy (non-hydrogen) atoms. The van der Waals surface area contributed by atoms with Crippen molar-refractivity contribution in [2.24, 2.45) is 5.92 Å². The summed E-state index contributed by atoms with van der Waals surface area (Å²) in [6.07, 6.45) is 0.750. The number of aliphatic hydroxyl groups excluding tert-OH is 1. The van der Waals surface area contributed by atoms with Crippen molar-refractivity contribution < 1.29 is 58.9 Å². The molecule has 0 spiro atoms. The third kappa shape index (κ3) is 3.59. The van der Waals surface area contributed by atoms with Gasteiger partial charge < -0.3 is 19.9 Å². The number of carbonyl (C=O) groups excluding carboxylic acids is 4. The first-order chi connectivity index (χ1) is 13.8. The smallest absolute Gasteiger partial charge is 0.543 e. The fraction of sp³-hybridized carbons (Fsp3) is 0.238. The molecular weight excluding hydrogens is 417 g/mol. The van der Waals surface area contributed by atoms with E-state index in [0.717, 1.165) is 11.2 Å². The minimum absolute atomic E-state index is 0. The van der Waals surface area contributed by atoms with E-state index in [1.807, 2.05) is 0 Å². The van der Waals surface area contributed by atoms with E-state index in [2.05, 4.69) is 0 Å². The van der Waals surface area contributed by atoms with E-state index in [4.69, 9.17) is 0 Å². The molecule has 9 heteroatoms. The minimum atomic E-state index is -1.47. The summed E-state index contributed by atoms with van der Waals surface area (Å²) in [5.41, 5.74) is 1.68. The second-order valence-corrected chi connectivity index (χ2v) is 8.26. The summed E-state index contributed by atoms with van der Waals surface area (Å²) in [5.74, 6) is -2.58. The SMILES string of the molecule is C[C@@H](O)[C@H]1C(=O)N2C(C(=O)[O-])=C(c3cc(C=O)cc(-c4ccc(C=O)s4)c3)C[C@H]12.[Na+]. The molecule has 148 valence electrons. The Labute approximate surface area is 198 Å². The van der Waals surface area contributed by atoms with Gasteiger partial charge in [0.25, 0.3) is 0 Å². The molecule has 2 aliphatic heterocycles. The average molecular weight is 433 g/mol. The van der Waals surface area contributed by atoms with Crippen LogP contribution in [0.1, 0.15) is 38.9 Å². The predicted molar refractivity (Wildman–Crippen MR) is 103 cm³/mol. The molecule has 0 saturated carbocycles. The van der Waals surface area contributed by atoms with Crippen LogP contribution in [0.5, 0.6) is 0 Å². The first-order valence-electron chi connectivity index (χ1n) is 8.97. The number of carbonyl (C=O) groups is 4. The number of benzene rings is 1. The number of carboxylic acids is 1. The summed E-state index contributed by atoms with van der Waals surface area (Å²) in [5, 5.41) is 21.7. The number of fused-ring (bicyclic) bond motifs is 1. The van der Waals surface area contributed by atoms with Gasteiger partial charge in [-0.2, -0.15) is 0 Å². The van der Waals surface area contributed by atoms with Crippen LogP contribution < -0.4 is 34.7 Å². The second-order valence-electron chi connectivity index (χ2n) is 7.14. The third-order valence-electron chi connectivity index (χ3n) is 5.39. The Morgan fingerprint density at radius 3 is 2.50 bits per heavy atom. The van der Waals surface area contributed by atoms with E-state index in [1.165, 1.54) is 23.2 Å². The van der Waals surface area contributed by atoms with E-state index in [1.54, 1.807) is 30.3 Å². The van der Waals surface area contributed by atoms with Gasteiger partial charge in [-0.05, 0) is 60.4 Å². The standard InChI is InChI=1S/C21H17NO6S.Na/c1-10(25)18-16-7-15(19(21(27)28)22(16)20(18)26)12-4-11(8-23)5-13(6-12)17-3-2-14(9-24)29-17;/h2-6,8-10,16,18,25H,7H2,1H3,(H,27,28);/q;+1/p-1/t10-,16-,18-;/m1./s1. The van der Waals surface area contributed by atoms with Crippen molar-refractivity contribution in [1.82, 2.24) is 4.90 Å². The van der Waals surface area contributed by atoms with Crippen LogP contribution in [-0.2, 0) is 9.59 Å². The topological polar surface area (TPSA) is 115 Å². The molecule has 0 aliphatic carbocycles. The number of β-lactam (4-membered cyclic amide) rings is 1. The zero-order valence-corrected chi connectivity index (χ0v) is 19.1. The van der Waals surface area contributed by atoms with Gasteiger partial charge in [0.1, 0.15) is 6.29 Å². The molecule has 1 saturated heterocycles. The van der Waals surface area contributed by atoms with Gasteiger partial charge in [-0.1, -0.05) is 0 Å². The molecule has 1 fully saturated rings. The molecular formula is C21H16NNaO6S. The van der Waals surface area contributed by atoms with Crippen molar-refractivity contribution in [2.75, 3.05) is 0 Å². The number of carboxylic acid groups (broad SMARTS) is 1. The van der Waals surface area contributed by atoms with Gasteiger partial charge in [-0.25, -0.2) is 0 Å². The molecule has 4 rings (SSSR count). The molecule has 0 unspecified atom stereocenters. The summed E-state index contributed by atoms with van der Waals surface area (Å²) >= 11 is 1.26. The van der Waals surface area contributed by atoms with E-state index < -0.39 is 29.9 Å². The molecule has 1 aromatic heterocycles. The Bertz CT molecular complexity index is 1090. The van der Waals surface area contributed by atoms with Crippen LogP contribution in [0, 0.1) is 5.92 Å². The van der Waals surface area contributed by atoms with Gasteiger partial charge in [-0.3, -0.25) is 14.4 Å². The van der Waals surface area contributed by atoms with E-state index in [9.17, 15) is 29.4 Å². The van der Waals surface area contributed by atoms with E-state index in [-0.39, 0.29) is 41.7 Å². The Kier molecular flexibility index (Phi) is 6.45. The van der Waals surface area contributed by atoms with Crippen LogP contribution in [0.4, 0.5) is 0 Å². The number of aldehydes is 2. The number of rotatable bonds is 6. The number of thiophene rings is 1. The minimum Gasteiger partial charge on any atom is -0.543 e. The Balaban J connectivity index is 0.00000256. The van der Waals surface area contributed by atoms with Crippen LogP contribution in [0.25, 0.3) is 16.0 Å². The molecule has 1 aromatic carbocycles. The maximum Gasteiger partial charge on any atom is 1.00 e. The number of hydrogen-bond acceptors (Lipinski definition) is 7. The Hall–Kier alpha value is -2.10. The molecule has 3 heterocycles. The number of aliphatic hydroxyl groups is 1. The van der Waals surface area contributed by atoms with Gasteiger partial charge >= 0.3 is 29.6 Å². The first kappa shape index (κ1) is 22.6. The molecule has 0 radical (unpaired) electrons. The largest absolute Gasteiger partial charge is 1.00 e. The summed E-state index contributed by atoms with van der Waals surface area (Å²) < 4.78 is 0. The quantitative estimate of drug-likeness (QED) is 0.324. The van der Waals surface area contributed by atoms with Gasteiger partial charge in [-0.15, -0.1) is 11.3 Å². The van der Waals surface area contributed by atoms with Crippen molar-refractivity contribution in [3.05, 3.63) is 52.0 Å². The summed E-state index contributed by atoms with van der Waals surface area (Å²) in [6.45, 7) is 1.50. The van der Waals surface area contributed by atoms with E-state index >= 15 is 0 Å². The Morgan fingerprint density at radius 1 is 1.23 bits per heavy atom. The summed E-state index contributed by atoms with van der Waals surface area (Å²) in [7, 11) is 0. The Morgan fingerprint density at radius 2 is 1.93 bits per heavy atom. The van der Waals surface area contributed by atoms with Crippen molar-refractivity contribution in [1.29, 1.82) is 0 Å². The number of nitrogens with zero attached hydrogens (tertiary/aromatic N) is 1. The van der Waals surface area contributed by atoms with Gasteiger partial charge in [0.15, 0.2) is 6.29 Å². The molecule has 0 bridgehead atoms. The number of aliphatic carboxylic acids is 1. The van der Waals surface area contributed by atoms with E-state index in [0.29, 0.717) is 33.4 Å². The van der Waals surface area contributed by atoms with Crippen LogP contribution in [0.3, 0.4) is 0 Å². The fourth-order valence-corrected chi connectivity index (χ4v) is 4.93. The van der Waals surface area contributed by atoms with Crippen LogP contribution >= 0.6 is 11.3 Å². The van der Waals surface area contributed by atoms with Gasteiger partial charge in [0.2, 0.25) is 5.91 Å². The van der Waals surface area contributed by atoms with Crippen LogP contribution in [-0.4, -0.2) is 46.6 Å².